The van der Waals surface area contributed by atoms with Gasteiger partial charge in [-0.3, -0.25) is 0 Å². The average molecular weight is 388 g/mol. The zero-order valence-corrected chi connectivity index (χ0v) is 15.9. The SMILES string of the molecule is CCOC(=O)c1nc(-c2ccccc2)oc1-c1ccc(CN2C=CC=CC=C2)o1. The van der Waals surface area contributed by atoms with Crippen molar-refractivity contribution in [1.29, 1.82) is 0 Å². The van der Waals surface area contributed by atoms with E-state index in [1.807, 2.05) is 78.0 Å². The van der Waals surface area contributed by atoms with Gasteiger partial charge in [0, 0.05) is 18.0 Å². The number of benzene rings is 1. The minimum Gasteiger partial charge on any atom is -0.461 e. The first-order chi connectivity index (χ1) is 14.2. The van der Waals surface area contributed by atoms with E-state index < -0.39 is 5.97 Å². The van der Waals surface area contributed by atoms with Gasteiger partial charge in [-0.1, -0.05) is 30.4 Å². The standard InChI is InChI=1S/C23H20N2O4/c1-2-27-23(26)20-21(29-22(24-20)17-10-6-5-7-11-17)19-13-12-18(28-19)16-25-14-8-3-4-9-15-25/h3-15H,2,16H2,1H3. The van der Waals surface area contributed by atoms with E-state index in [9.17, 15) is 4.79 Å². The molecule has 0 saturated heterocycles. The van der Waals surface area contributed by atoms with Gasteiger partial charge in [0.05, 0.1) is 13.2 Å². The smallest absolute Gasteiger partial charge is 0.361 e. The average Bonchev–Trinajstić information content (AvgIpc) is 3.30. The molecule has 0 saturated carbocycles. The molecule has 29 heavy (non-hydrogen) atoms. The number of allylic oxidation sites excluding steroid dienone is 4. The van der Waals surface area contributed by atoms with Crippen molar-refractivity contribution in [3.63, 3.8) is 0 Å². The van der Waals surface area contributed by atoms with Gasteiger partial charge in [0.1, 0.15) is 5.76 Å². The lowest BCUT2D eigenvalue weighted by Crippen LogP contribution is -2.07. The molecule has 1 aromatic carbocycles. The molecule has 1 aliphatic rings. The summed E-state index contributed by atoms with van der Waals surface area (Å²) < 4.78 is 17.0. The summed E-state index contributed by atoms with van der Waals surface area (Å²) in [6.45, 7) is 2.54. The number of esters is 1. The van der Waals surface area contributed by atoms with Gasteiger partial charge in [-0.05, 0) is 43.3 Å². The fraction of sp³-hybridized carbons (Fsp3) is 0.130. The zero-order valence-electron chi connectivity index (χ0n) is 15.9. The number of ether oxygens (including phenoxy) is 1. The molecule has 0 bridgehead atoms. The van der Waals surface area contributed by atoms with E-state index in [4.69, 9.17) is 13.6 Å². The predicted molar refractivity (Wildman–Crippen MR) is 109 cm³/mol. The van der Waals surface area contributed by atoms with Gasteiger partial charge in [-0.15, -0.1) is 0 Å². The summed E-state index contributed by atoms with van der Waals surface area (Å²) in [7, 11) is 0. The van der Waals surface area contributed by atoms with Crippen LogP contribution < -0.4 is 0 Å². The number of oxazole rings is 1. The van der Waals surface area contributed by atoms with Gasteiger partial charge in [0.15, 0.2) is 11.5 Å². The lowest BCUT2D eigenvalue weighted by atomic mass is 10.2. The van der Waals surface area contributed by atoms with Crippen LogP contribution in [0.15, 0.2) is 88.0 Å². The second-order valence-electron chi connectivity index (χ2n) is 6.29. The third-order valence-electron chi connectivity index (χ3n) is 4.23. The first-order valence-corrected chi connectivity index (χ1v) is 9.34. The van der Waals surface area contributed by atoms with Gasteiger partial charge in [-0.25, -0.2) is 9.78 Å². The number of carbonyl (C=O) groups is 1. The number of nitrogens with zero attached hydrogens (tertiary/aromatic N) is 2. The van der Waals surface area contributed by atoms with Crippen LogP contribution in [0.5, 0.6) is 0 Å². The number of aromatic nitrogens is 1. The van der Waals surface area contributed by atoms with Gasteiger partial charge in [-0.2, -0.15) is 0 Å². The van der Waals surface area contributed by atoms with Crippen molar-refractivity contribution < 1.29 is 18.4 Å². The molecule has 0 spiro atoms. The Morgan fingerprint density at radius 2 is 1.76 bits per heavy atom. The molecule has 0 radical (unpaired) electrons. The predicted octanol–water partition coefficient (Wildman–Crippen LogP) is 5.18. The van der Waals surface area contributed by atoms with Crippen LogP contribution in [0.2, 0.25) is 0 Å². The third kappa shape index (κ3) is 4.21. The van der Waals surface area contributed by atoms with Crippen molar-refractivity contribution in [1.82, 2.24) is 9.88 Å². The molecule has 6 heteroatoms. The zero-order chi connectivity index (χ0) is 20.1. The van der Waals surface area contributed by atoms with E-state index in [0.717, 1.165) is 11.3 Å². The van der Waals surface area contributed by atoms with Gasteiger partial charge >= 0.3 is 5.97 Å². The molecule has 4 rings (SSSR count). The maximum absolute atomic E-state index is 12.4. The van der Waals surface area contributed by atoms with Crippen LogP contribution in [0.25, 0.3) is 23.0 Å². The highest BCUT2D eigenvalue weighted by atomic mass is 16.5. The monoisotopic (exact) mass is 388 g/mol. The summed E-state index contributed by atoms with van der Waals surface area (Å²) in [5.74, 6) is 1.21. The third-order valence-corrected chi connectivity index (χ3v) is 4.23. The number of hydrogen-bond acceptors (Lipinski definition) is 6. The molecule has 3 heterocycles. The number of furan rings is 1. The number of carbonyl (C=O) groups excluding carboxylic acids is 1. The normalized spacial score (nSPS) is 12.9. The molecule has 0 fully saturated rings. The van der Waals surface area contributed by atoms with E-state index in [1.165, 1.54) is 0 Å². The summed E-state index contributed by atoms with van der Waals surface area (Å²) in [5.41, 5.74) is 0.869. The van der Waals surface area contributed by atoms with E-state index >= 15 is 0 Å². The van der Waals surface area contributed by atoms with Crippen molar-refractivity contribution >= 4 is 5.97 Å². The van der Waals surface area contributed by atoms with E-state index in [1.54, 1.807) is 13.0 Å². The van der Waals surface area contributed by atoms with E-state index in [2.05, 4.69) is 4.98 Å². The summed E-state index contributed by atoms with van der Waals surface area (Å²) >= 11 is 0. The van der Waals surface area contributed by atoms with Gasteiger partial charge < -0.3 is 18.5 Å². The molecule has 2 aromatic heterocycles. The Balaban J connectivity index is 1.65. The molecule has 0 amide bonds. The summed E-state index contributed by atoms with van der Waals surface area (Å²) in [4.78, 5) is 18.8. The highest BCUT2D eigenvalue weighted by molar-refractivity contribution is 5.93. The maximum Gasteiger partial charge on any atom is 0.361 e. The molecule has 0 unspecified atom stereocenters. The van der Waals surface area contributed by atoms with Crippen molar-refractivity contribution in [2.24, 2.45) is 0 Å². The molecule has 1 aliphatic heterocycles. The number of hydrogen-bond donors (Lipinski definition) is 0. The summed E-state index contributed by atoms with van der Waals surface area (Å²) in [6, 6.07) is 13.0. The Morgan fingerprint density at radius 1 is 1.00 bits per heavy atom. The van der Waals surface area contributed by atoms with Crippen LogP contribution in [0.3, 0.4) is 0 Å². The second-order valence-corrected chi connectivity index (χ2v) is 6.29. The van der Waals surface area contributed by atoms with Crippen LogP contribution in [0.4, 0.5) is 0 Å². The lowest BCUT2D eigenvalue weighted by Gasteiger charge is -2.12. The van der Waals surface area contributed by atoms with Gasteiger partial charge in [0.25, 0.3) is 0 Å². The Morgan fingerprint density at radius 3 is 2.48 bits per heavy atom. The Kier molecular flexibility index (Phi) is 5.42. The summed E-state index contributed by atoms with van der Waals surface area (Å²) in [6.07, 6.45) is 11.7. The minimum atomic E-state index is -0.546. The highest BCUT2D eigenvalue weighted by Gasteiger charge is 2.25. The van der Waals surface area contributed by atoms with Crippen LogP contribution in [0.1, 0.15) is 23.2 Å². The minimum absolute atomic E-state index is 0.102. The Bertz CT molecular complexity index is 1060. The summed E-state index contributed by atoms with van der Waals surface area (Å²) in [5, 5.41) is 0. The van der Waals surface area contributed by atoms with Crippen LogP contribution in [0, 0.1) is 0 Å². The first kappa shape index (κ1) is 18.6. The number of rotatable bonds is 6. The van der Waals surface area contributed by atoms with E-state index in [-0.39, 0.29) is 18.1 Å². The second kappa shape index (κ2) is 8.48. The molecular weight excluding hydrogens is 368 g/mol. The quantitative estimate of drug-likeness (QED) is 0.542. The molecular formula is C23H20N2O4. The molecule has 3 aromatic rings. The fourth-order valence-corrected chi connectivity index (χ4v) is 2.90. The van der Waals surface area contributed by atoms with Crippen LogP contribution >= 0.6 is 0 Å². The maximum atomic E-state index is 12.4. The Hall–Kier alpha value is -3.80. The van der Waals surface area contributed by atoms with Crippen LogP contribution in [-0.2, 0) is 11.3 Å². The topological polar surface area (TPSA) is 68.7 Å². The molecule has 0 N–H and O–H groups in total. The Labute approximate surface area is 168 Å². The van der Waals surface area contributed by atoms with Crippen LogP contribution in [-0.4, -0.2) is 22.5 Å². The molecule has 0 aliphatic carbocycles. The highest BCUT2D eigenvalue weighted by Crippen LogP contribution is 2.32. The van der Waals surface area contributed by atoms with Crippen molar-refractivity contribution in [2.75, 3.05) is 6.61 Å². The molecule has 0 atom stereocenters. The van der Waals surface area contributed by atoms with Crippen molar-refractivity contribution in [3.8, 4) is 23.0 Å². The lowest BCUT2D eigenvalue weighted by molar-refractivity contribution is 0.0520. The van der Waals surface area contributed by atoms with E-state index in [0.29, 0.717) is 18.2 Å². The first-order valence-electron chi connectivity index (χ1n) is 9.34. The molecule has 146 valence electrons. The fourth-order valence-electron chi connectivity index (χ4n) is 2.90. The van der Waals surface area contributed by atoms with Crippen molar-refractivity contribution in [2.45, 2.75) is 13.5 Å². The molecule has 6 nitrogen and oxygen atoms in total. The van der Waals surface area contributed by atoms with Gasteiger partial charge in [0.2, 0.25) is 11.7 Å². The van der Waals surface area contributed by atoms with Crippen molar-refractivity contribution in [3.05, 3.63) is 90.6 Å². The largest absolute Gasteiger partial charge is 0.461 e.